The fourth-order valence-electron chi connectivity index (χ4n) is 3.02. The Bertz CT molecular complexity index is 887. The van der Waals surface area contributed by atoms with Gasteiger partial charge in [-0.3, -0.25) is 4.79 Å². The fraction of sp³-hybridized carbons (Fsp3) is 0.0952. The van der Waals surface area contributed by atoms with Gasteiger partial charge in [-0.15, -0.1) is 0 Å². The van der Waals surface area contributed by atoms with Gasteiger partial charge < -0.3 is 10.1 Å². The molecule has 0 saturated heterocycles. The maximum Gasteiger partial charge on any atom is 0.251 e. The monoisotopic (exact) mass is 315 g/mol. The van der Waals surface area contributed by atoms with Crippen molar-refractivity contribution in [2.24, 2.45) is 0 Å². The van der Waals surface area contributed by atoms with Crippen LogP contribution in [-0.4, -0.2) is 5.91 Å². The van der Waals surface area contributed by atoms with Crippen LogP contribution >= 0.6 is 0 Å². The Labute approximate surface area is 140 Å². The molecule has 0 unspecified atom stereocenters. The van der Waals surface area contributed by atoms with Gasteiger partial charge in [0.25, 0.3) is 5.91 Å². The maximum absolute atomic E-state index is 11.8. The first-order valence-corrected chi connectivity index (χ1v) is 7.98. The Balaban J connectivity index is 1.61. The van der Waals surface area contributed by atoms with Crippen LogP contribution in [0.15, 0.2) is 72.8 Å². The summed E-state index contributed by atoms with van der Waals surface area (Å²) in [6.07, 6.45) is 0. The van der Waals surface area contributed by atoms with Crippen LogP contribution in [0.3, 0.4) is 0 Å². The number of hydrogen-bond acceptors (Lipinski definition) is 2. The first-order valence-electron chi connectivity index (χ1n) is 7.98. The van der Waals surface area contributed by atoms with Crippen LogP contribution in [0.5, 0.6) is 5.75 Å². The van der Waals surface area contributed by atoms with E-state index in [0.29, 0.717) is 13.2 Å². The normalized spacial score (nSPS) is 12.6. The highest BCUT2D eigenvalue weighted by atomic mass is 16.5. The van der Waals surface area contributed by atoms with Crippen LogP contribution in [0.25, 0.3) is 11.1 Å². The van der Waals surface area contributed by atoms with E-state index in [0.717, 1.165) is 33.6 Å². The first-order chi connectivity index (χ1) is 11.8. The number of carbonyl (C=O) groups excluding carboxylic acids is 1. The summed E-state index contributed by atoms with van der Waals surface area (Å²) in [4.78, 5) is 11.8. The topological polar surface area (TPSA) is 38.3 Å². The van der Waals surface area contributed by atoms with Crippen LogP contribution in [0.4, 0.5) is 0 Å². The van der Waals surface area contributed by atoms with Crippen molar-refractivity contribution in [1.29, 1.82) is 0 Å². The molecule has 1 amide bonds. The zero-order chi connectivity index (χ0) is 16.4. The third kappa shape index (κ3) is 2.76. The minimum Gasteiger partial charge on any atom is -0.489 e. The summed E-state index contributed by atoms with van der Waals surface area (Å²) in [7, 11) is 0. The Morgan fingerprint density at radius 1 is 0.875 bits per heavy atom. The molecule has 4 rings (SSSR count). The summed E-state index contributed by atoms with van der Waals surface area (Å²) in [5.74, 6) is 0.828. The second kappa shape index (κ2) is 6.20. The lowest BCUT2D eigenvalue weighted by Crippen LogP contribution is -2.12. The summed E-state index contributed by atoms with van der Waals surface area (Å²) in [6, 6.07) is 24.0. The number of ether oxygens (including phenoxy) is 1. The Morgan fingerprint density at radius 2 is 1.67 bits per heavy atom. The molecule has 3 aromatic carbocycles. The van der Waals surface area contributed by atoms with Gasteiger partial charge in [0.15, 0.2) is 0 Å². The van der Waals surface area contributed by atoms with E-state index in [-0.39, 0.29) is 5.91 Å². The Morgan fingerprint density at radius 3 is 2.54 bits per heavy atom. The van der Waals surface area contributed by atoms with Gasteiger partial charge in [-0.05, 0) is 40.5 Å². The van der Waals surface area contributed by atoms with E-state index in [1.165, 1.54) is 0 Å². The van der Waals surface area contributed by atoms with E-state index in [1.807, 2.05) is 66.7 Å². The molecular weight excluding hydrogens is 298 g/mol. The molecule has 0 radical (unpaired) electrons. The zero-order valence-corrected chi connectivity index (χ0v) is 13.2. The van der Waals surface area contributed by atoms with E-state index < -0.39 is 0 Å². The minimum atomic E-state index is 0.00309. The quantitative estimate of drug-likeness (QED) is 0.784. The molecule has 3 nitrogen and oxygen atoms in total. The number of fused-ring (bicyclic) bond motifs is 1. The second-order valence-electron chi connectivity index (χ2n) is 5.82. The van der Waals surface area contributed by atoms with Crippen molar-refractivity contribution >= 4 is 5.91 Å². The van der Waals surface area contributed by atoms with Gasteiger partial charge in [0.1, 0.15) is 12.4 Å². The fourth-order valence-corrected chi connectivity index (χ4v) is 3.02. The minimum absolute atomic E-state index is 0.00309. The Hall–Kier alpha value is -3.07. The number of amides is 1. The predicted octanol–water partition coefficient (Wildman–Crippen LogP) is 4.18. The van der Waals surface area contributed by atoms with E-state index in [2.05, 4.69) is 11.4 Å². The molecule has 1 aliphatic rings. The molecule has 0 saturated carbocycles. The SMILES string of the molecule is O=C1NCc2c1cccc2-c1cccc(OCc2ccccc2)c1. The molecule has 24 heavy (non-hydrogen) atoms. The predicted molar refractivity (Wildman–Crippen MR) is 93.8 cm³/mol. The van der Waals surface area contributed by atoms with Crippen molar-refractivity contribution < 1.29 is 9.53 Å². The molecule has 1 aliphatic heterocycles. The van der Waals surface area contributed by atoms with Gasteiger partial charge in [0.05, 0.1) is 0 Å². The van der Waals surface area contributed by atoms with Gasteiger partial charge in [-0.1, -0.05) is 54.6 Å². The number of nitrogens with one attached hydrogen (secondary N) is 1. The van der Waals surface area contributed by atoms with E-state index in [1.54, 1.807) is 0 Å². The van der Waals surface area contributed by atoms with Crippen LogP contribution in [-0.2, 0) is 13.2 Å². The molecule has 0 aliphatic carbocycles. The largest absolute Gasteiger partial charge is 0.489 e. The Kier molecular flexibility index (Phi) is 3.75. The van der Waals surface area contributed by atoms with Crippen LogP contribution in [0.1, 0.15) is 21.5 Å². The summed E-state index contributed by atoms with van der Waals surface area (Å²) in [5.41, 5.74) is 5.11. The molecule has 0 spiro atoms. The highest BCUT2D eigenvalue weighted by Crippen LogP contribution is 2.31. The average molecular weight is 315 g/mol. The van der Waals surface area contributed by atoms with Gasteiger partial charge in [0, 0.05) is 12.1 Å². The number of hydrogen-bond donors (Lipinski definition) is 1. The highest BCUT2D eigenvalue weighted by Gasteiger charge is 2.21. The molecule has 0 atom stereocenters. The third-order valence-electron chi connectivity index (χ3n) is 4.24. The van der Waals surface area contributed by atoms with Crippen LogP contribution in [0, 0.1) is 0 Å². The first kappa shape index (κ1) is 14.5. The van der Waals surface area contributed by atoms with E-state index in [9.17, 15) is 4.79 Å². The molecular formula is C21H17NO2. The summed E-state index contributed by atoms with van der Waals surface area (Å²) < 4.78 is 5.91. The molecule has 0 fully saturated rings. The number of benzene rings is 3. The lowest BCUT2D eigenvalue weighted by atomic mass is 9.97. The van der Waals surface area contributed by atoms with Crippen molar-refractivity contribution in [3.63, 3.8) is 0 Å². The van der Waals surface area contributed by atoms with Crippen molar-refractivity contribution in [2.45, 2.75) is 13.2 Å². The lowest BCUT2D eigenvalue weighted by Gasteiger charge is -2.10. The molecule has 3 aromatic rings. The van der Waals surface area contributed by atoms with Crippen LogP contribution < -0.4 is 10.1 Å². The standard InChI is InChI=1S/C21H17NO2/c23-21-19-11-5-10-18(20(19)13-22-21)16-8-4-9-17(12-16)24-14-15-6-2-1-3-7-15/h1-12H,13-14H2,(H,22,23). The lowest BCUT2D eigenvalue weighted by molar-refractivity contribution is 0.0966. The van der Waals surface area contributed by atoms with E-state index in [4.69, 9.17) is 4.74 Å². The van der Waals surface area contributed by atoms with E-state index >= 15 is 0 Å². The molecule has 3 heteroatoms. The van der Waals surface area contributed by atoms with Crippen LogP contribution in [0.2, 0.25) is 0 Å². The van der Waals surface area contributed by atoms with Gasteiger partial charge in [-0.2, -0.15) is 0 Å². The molecule has 1 N–H and O–H groups in total. The molecule has 118 valence electrons. The molecule has 0 bridgehead atoms. The zero-order valence-electron chi connectivity index (χ0n) is 13.2. The summed E-state index contributed by atoms with van der Waals surface area (Å²) in [5, 5.41) is 2.89. The summed E-state index contributed by atoms with van der Waals surface area (Å²) in [6.45, 7) is 1.12. The smallest absolute Gasteiger partial charge is 0.251 e. The van der Waals surface area contributed by atoms with Gasteiger partial charge in [-0.25, -0.2) is 0 Å². The van der Waals surface area contributed by atoms with Crippen molar-refractivity contribution in [3.05, 3.63) is 89.5 Å². The summed E-state index contributed by atoms with van der Waals surface area (Å²) >= 11 is 0. The maximum atomic E-state index is 11.8. The number of rotatable bonds is 4. The molecule has 1 heterocycles. The second-order valence-corrected chi connectivity index (χ2v) is 5.82. The third-order valence-corrected chi connectivity index (χ3v) is 4.24. The van der Waals surface area contributed by atoms with Crippen molar-refractivity contribution in [3.8, 4) is 16.9 Å². The van der Waals surface area contributed by atoms with Crippen molar-refractivity contribution in [1.82, 2.24) is 5.32 Å². The molecule has 0 aromatic heterocycles. The van der Waals surface area contributed by atoms with Gasteiger partial charge in [0.2, 0.25) is 0 Å². The number of carbonyl (C=O) groups is 1. The highest BCUT2D eigenvalue weighted by molar-refractivity contribution is 6.00. The van der Waals surface area contributed by atoms with Crippen molar-refractivity contribution in [2.75, 3.05) is 0 Å². The average Bonchev–Trinajstić information content (AvgIpc) is 3.02. The van der Waals surface area contributed by atoms with Gasteiger partial charge >= 0.3 is 0 Å².